The number of amides is 1. The van der Waals surface area contributed by atoms with Crippen LogP contribution in [0.4, 0.5) is 5.69 Å². The van der Waals surface area contributed by atoms with E-state index in [9.17, 15) is 19.7 Å². The van der Waals surface area contributed by atoms with E-state index in [1.165, 1.54) is 25.3 Å². The van der Waals surface area contributed by atoms with Crippen molar-refractivity contribution in [1.29, 1.82) is 0 Å². The number of benzene rings is 2. The quantitative estimate of drug-likeness (QED) is 0.465. The van der Waals surface area contributed by atoms with E-state index in [0.717, 1.165) is 0 Å². The fraction of sp³-hybridized carbons (Fsp3) is 0.318. The molecule has 0 saturated carbocycles. The number of carbonyl (C=O) groups is 2. The van der Waals surface area contributed by atoms with Gasteiger partial charge in [0.25, 0.3) is 5.69 Å². The molecule has 168 valence electrons. The molecular weight excluding hydrogens is 418 g/mol. The van der Waals surface area contributed by atoms with Crippen molar-refractivity contribution in [1.82, 2.24) is 5.01 Å². The van der Waals surface area contributed by atoms with Gasteiger partial charge in [-0.25, -0.2) is 5.01 Å². The lowest BCUT2D eigenvalue weighted by Gasteiger charge is -2.23. The molecule has 1 heterocycles. The van der Waals surface area contributed by atoms with Crippen LogP contribution in [-0.2, 0) is 9.59 Å². The van der Waals surface area contributed by atoms with Crippen molar-refractivity contribution >= 4 is 23.3 Å². The average molecular weight is 441 g/mol. The van der Waals surface area contributed by atoms with Crippen molar-refractivity contribution in [3.8, 4) is 11.5 Å². The van der Waals surface area contributed by atoms with E-state index in [1.54, 1.807) is 36.4 Å². The maximum Gasteiger partial charge on any atom is 0.303 e. The number of hydrogen-bond acceptors (Lipinski definition) is 7. The van der Waals surface area contributed by atoms with E-state index in [0.29, 0.717) is 28.3 Å². The summed E-state index contributed by atoms with van der Waals surface area (Å²) in [6.07, 6.45) is 0.274. The summed E-state index contributed by atoms with van der Waals surface area (Å²) in [7, 11) is 3.02. The van der Waals surface area contributed by atoms with Gasteiger partial charge in [0.05, 0.1) is 36.5 Å². The van der Waals surface area contributed by atoms with Crippen LogP contribution in [0.2, 0.25) is 0 Å². The number of carbonyl (C=O) groups excluding carboxylic acids is 1. The Morgan fingerprint density at radius 2 is 1.88 bits per heavy atom. The Hall–Kier alpha value is -3.95. The number of para-hydroxylation sites is 1. The maximum absolute atomic E-state index is 12.9. The normalized spacial score (nSPS) is 15.2. The molecular formula is C22H23N3O7. The minimum absolute atomic E-state index is 0.0102. The summed E-state index contributed by atoms with van der Waals surface area (Å²) in [6, 6.07) is 10.9. The molecule has 0 saturated heterocycles. The van der Waals surface area contributed by atoms with Gasteiger partial charge in [-0.1, -0.05) is 18.2 Å². The predicted octanol–water partition coefficient (Wildman–Crippen LogP) is 3.54. The minimum Gasteiger partial charge on any atom is -0.493 e. The second kappa shape index (κ2) is 9.90. The molecule has 0 spiro atoms. The van der Waals surface area contributed by atoms with E-state index >= 15 is 0 Å². The summed E-state index contributed by atoms with van der Waals surface area (Å²) >= 11 is 0. The standard InChI is InChI=1S/C22H23N3O7/c1-31-19-11-10-14(12-20(19)32-2)18-13-16(15-6-3-4-7-17(15)25(29)30)23-24(18)21(26)8-5-9-22(27)28/h3-4,6-7,10-12,18H,5,8-9,13H2,1-2H3,(H,27,28). The van der Waals surface area contributed by atoms with Crippen LogP contribution < -0.4 is 9.47 Å². The molecule has 1 aliphatic heterocycles. The summed E-state index contributed by atoms with van der Waals surface area (Å²) in [5, 5.41) is 26.1. The van der Waals surface area contributed by atoms with E-state index in [-0.39, 0.29) is 37.3 Å². The molecule has 1 aliphatic rings. The molecule has 10 heteroatoms. The number of hydrazone groups is 1. The number of carboxylic acids is 1. The largest absolute Gasteiger partial charge is 0.493 e. The SMILES string of the molecule is COc1ccc(C2CC(c3ccccc3[N+](=O)[O-])=NN2C(=O)CCCC(=O)O)cc1OC. The van der Waals surface area contributed by atoms with Gasteiger partial charge >= 0.3 is 5.97 Å². The molecule has 1 unspecified atom stereocenters. The lowest BCUT2D eigenvalue weighted by atomic mass is 9.97. The van der Waals surface area contributed by atoms with Crippen LogP contribution in [0.3, 0.4) is 0 Å². The van der Waals surface area contributed by atoms with Crippen LogP contribution >= 0.6 is 0 Å². The van der Waals surface area contributed by atoms with Gasteiger partial charge in [0, 0.05) is 25.3 Å². The Morgan fingerprint density at radius 1 is 1.16 bits per heavy atom. The van der Waals surface area contributed by atoms with Crippen molar-refractivity contribution in [3.05, 3.63) is 63.7 Å². The maximum atomic E-state index is 12.9. The van der Waals surface area contributed by atoms with Gasteiger partial charge in [-0.05, 0) is 30.2 Å². The molecule has 0 bridgehead atoms. The van der Waals surface area contributed by atoms with Crippen molar-refractivity contribution in [2.45, 2.75) is 31.7 Å². The van der Waals surface area contributed by atoms with Crippen molar-refractivity contribution < 1.29 is 29.1 Å². The van der Waals surface area contributed by atoms with Gasteiger partial charge in [-0.2, -0.15) is 5.10 Å². The molecule has 3 rings (SSSR count). The molecule has 1 atom stereocenters. The molecule has 1 N–H and O–H groups in total. The molecule has 2 aromatic rings. The molecule has 0 aromatic heterocycles. The highest BCUT2D eigenvalue weighted by molar-refractivity contribution is 6.06. The number of ether oxygens (including phenoxy) is 2. The Balaban J connectivity index is 1.98. The fourth-order valence-electron chi connectivity index (χ4n) is 3.60. The molecule has 32 heavy (non-hydrogen) atoms. The van der Waals surface area contributed by atoms with Gasteiger partial charge in [0.15, 0.2) is 11.5 Å². The third kappa shape index (κ3) is 4.85. The second-order valence-corrected chi connectivity index (χ2v) is 7.14. The molecule has 1 amide bonds. The van der Waals surface area contributed by atoms with Crippen molar-refractivity contribution in [2.24, 2.45) is 5.10 Å². The molecule has 0 radical (unpaired) electrons. The van der Waals surface area contributed by atoms with Gasteiger partial charge in [-0.3, -0.25) is 19.7 Å². The smallest absolute Gasteiger partial charge is 0.303 e. The first-order valence-corrected chi connectivity index (χ1v) is 9.92. The van der Waals surface area contributed by atoms with Gasteiger partial charge in [0.2, 0.25) is 5.91 Å². The monoisotopic (exact) mass is 441 g/mol. The Labute approximate surface area is 184 Å². The zero-order valence-electron chi connectivity index (χ0n) is 17.7. The number of carboxylic acid groups (broad SMARTS) is 1. The first-order chi connectivity index (χ1) is 15.3. The number of nitro benzene ring substituents is 1. The number of nitrogens with zero attached hydrogens (tertiary/aromatic N) is 3. The number of hydrogen-bond donors (Lipinski definition) is 1. The lowest BCUT2D eigenvalue weighted by molar-refractivity contribution is -0.385. The highest BCUT2D eigenvalue weighted by atomic mass is 16.6. The topological polar surface area (TPSA) is 132 Å². The van der Waals surface area contributed by atoms with Crippen molar-refractivity contribution in [2.75, 3.05) is 14.2 Å². The first kappa shape index (κ1) is 22.7. The zero-order chi connectivity index (χ0) is 23.3. The summed E-state index contributed by atoms with van der Waals surface area (Å²) in [4.78, 5) is 34.7. The van der Waals surface area contributed by atoms with Gasteiger partial charge in [-0.15, -0.1) is 0 Å². The summed E-state index contributed by atoms with van der Waals surface area (Å²) in [6.45, 7) is 0. The molecule has 0 fully saturated rings. The van der Waals surface area contributed by atoms with Crippen LogP contribution in [0.1, 0.15) is 42.9 Å². The van der Waals surface area contributed by atoms with E-state index in [1.807, 2.05) is 0 Å². The van der Waals surface area contributed by atoms with Crippen LogP contribution in [0.25, 0.3) is 0 Å². The summed E-state index contributed by atoms with van der Waals surface area (Å²) in [5.74, 6) is -0.352. The fourth-order valence-corrected chi connectivity index (χ4v) is 3.60. The van der Waals surface area contributed by atoms with E-state index in [4.69, 9.17) is 14.6 Å². The third-order valence-electron chi connectivity index (χ3n) is 5.15. The number of aliphatic carboxylic acids is 1. The van der Waals surface area contributed by atoms with Crippen LogP contribution in [0, 0.1) is 10.1 Å². The van der Waals surface area contributed by atoms with Gasteiger partial charge in [0.1, 0.15) is 0 Å². The van der Waals surface area contributed by atoms with Gasteiger partial charge < -0.3 is 14.6 Å². The first-order valence-electron chi connectivity index (χ1n) is 9.92. The van der Waals surface area contributed by atoms with Crippen LogP contribution in [0.15, 0.2) is 47.6 Å². The Bertz CT molecular complexity index is 1070. The number of nitro groups is 1. The Kier molecular flexibility index (Phi) is 7.04. The predicted molar refractivity (Wildman–Crippen MR) is 115 cm³/mol. The van der Waals surface area contributed by atoms with Crippen LogP contribution in [0.5, 0.6) is 11.5 Å². The minimum atomic E-state index is -0.986. The van der Waals surface area contributed by atoms with E-state index in [2.05, 4.69) is 5.10 Å². The molecule has 10 nitrogen and oxygen atoms in total. The molecule has 2 aromatic carbocycles. The summed E-state index contributed by atoms with van der Waals surface area (Å²) in [5.41, 5.74) is 1.36. The molecule has 0 aliphatic carbocycles. The lowest BCUT2D eigenvalue weighted by Crippen LogP contribution is -2.27. The average Bonchev–Trinajstić information content (AvgIpc) is 3.23. The van der Waals surface area contributed by atoms with E-state index < -0.39 is 16.9 Å². The number of rotatable bonds is 9. The highest BCUT2D eigenvalue weighted by Crippen LogP contribution is 2.38. The summed E-state index contributed by atoms with van der Waals surface area (Å²) < 4.78 is 10.6. The van der Waals surface area contributed by atoms with Crippen molar-refractivity contribution in [3.63, 3.8) is 0 Å². The zero-order valence-corrected chi connectivity index (χ0v) is 17.7. The Morgan fingerprint density at radius 3 is 2.53 bits per heavy atom. The second-order valence-electron chi connectivity index (χ2n) is 7.14. The number of methoxy groups -OCH3 is 2. The third-order valence-corrected chi connectivity index (χ3v) is 5.15. The van der Waals surface area contributed by atoms with Crippen LogP contribution in [-0.4, -0.2) is 46.8 Å². The highest BCUT2D eigenvalue weighted by Gasteiger charge is 2.35.